The third kappa shape index (κ3) is 2.12. The van der Waals surface area contributed by atoms with Gasteiger partial charge < -0.3 is 5.11 Å². The summed E-state index contributed by atoms with van der Waals surface area (Å²) in [5.41, 5.74) is 1.38. The maximum absolute atomic E-state index is 9.55. The zero-order chi connectivity index (χ0) is 9.84. The van der Waals surface area contributed by atoms with Crippen LogP contribution in [0.5, 0.6) is 5.75 Å². The first-order chi connectivity index (χ1) is 6.16. The minimum absolute atomic E-state index is 0.215. The number of anilines is 1. The van der Waals surface area contributed by atoms with E-state index in [0.717, 1.165) is 11.5 Å². The Bertz CT molecular complexity index is 286. The quantitative estimate of drug-likeness (QED) is 0.703. The monoisotopic (exact) mass is 181 g/mol. The largest absolute Gasteiger partial charge is 0.508 e. The van der Waals surface area contributed by atoms with Gasteiger partial charge in [-0.1, -0.05) is 13.0 Å². The van der Waals surface area contributed by atoms with E-state index >= 15 is 0 Å². The van der Waals surface area contributed by atoms with E-state index in [1.807, 2.05) is 6.92 Å². The molecule has 1 rings (SSSR count). The van der Waals surface area contributed by atoms with Crippen LogP contribution in [0.4, 0.5) is 5.69 Å². The average molecular weight is 181 g/mol. The standard InChI is InChI=1S/C10H15NO2/c1-3-7-11(13)9-5-4-6-10(12)8(9)2/h4-6,12-13H,3,7H2,1-2H3. The van der Waals surface area contributed by atoms with Crippen molar-refractivity contribution in [3.8, 4) is 5.75 Å². The van der Waals surface area contributed by atoms with Gasteiger partial charge in [-0.25, -0.2) is 0 Å². The van der Waals surface area contributed by atoms with E-state index in [1.165, 1.54) is 0 Å². The molecular weight excluding hydrogens is 166 g/mol. The van der Waals surface area contributed by atoms with Crippen molar-refractivity contribution >= 4 is 5.69 Å². The highest BCUT2D eigenvalue weighted by atomic mass is 16.5. The SMILES string of the molecule is CCCN(O)c1cccc(O)c1C. The third-order valence-electron chi connectivity index (χ3n) is 1.99. The van der Waals surface area contributed by atoms with Gasteiger partial charge in [-0.05, 0) is 25.5 Å². The lowest BCUT2D eigenvalue weighted by Gasteiger charge is -2.18. The van der Waals surface area contributed by atoms with Crippen LogP contribution in [0.2, 0.25) is 0 Å². The molecule has 0 saturated heterocycles. The van der Waals surface area contributed by atoms with E-state index in [1.54, 1.807) is 25.1 Å². The van der Waals surface area contributed by atoms with Crippen molar-refractivity contribution in [3.05, 3.63) is 23.8 Å². The zero-order valence-corrected chi connectivity index (χ0v) is 7.99. The number of nitrogens with zero attached hydrogens (tertiary/aromatic N) is 1. The Morgan fingerprint density at radius 1 is 1.38 bits per heavy atom. The molecule has 0 radical (unpaired) electrons. The predicted molar refractivity (Wildman–Crippen MR) is 52.3 cm³/mol. The summed E-state index contributed by atoms with van der Waals surface area (Å²) in [6.07, 6.45) is 0.867. The summed E-state index contributed by atoms with van der Waals surface area (Å²) in [4.78, 5) is 0. The van der Waals surface area contributed by atoms with Crippen molar-refractivity contribution in [3.63, 3.8) is 0 Å². The lowest BCUT2D eigenvalue weighted by Crippen LogP contribution is -2.19. The van der Waals surface area contributed by atoms with Gasteiger partial charge in [0.15, 0.2) is 0 Å². The highest BCUT2D eigenvalue weighted by Gasteiger charge is 2.07. The van der Waals surface area contributed by atoms with Gasteiger partial charge in [-0.15, -0.1) is 0 Å². The van der Waals surface area contributed by atoms with Crippen molar-refractivity contribution in [2.24, 2.45) is 0 Å². The highest BCUT2D eigenvalue weighted by Crippen LogP contribution is 2.26. The van der Waals surface area contributed by atoms with Crippen molar-refractivity contribution in [2.45, 2.75) is 20.3 Å². The maximum Gasteiger partial charge on any atom is 0.120 e. The third-order valence-corrected chi connectivity index (χ3v) is 1.99. The van der Waals surface area contributed by atoms with Crippen molar-refractivity contribution in [2.75, 3.05) is 11.6 Å². The number of benzene rings is 1. The Kier molecular flexibility index (Phi) is 3.14. The van der Waals surface area contributed by atoms with Gasteiger partial charge in [-0.3, -0.25) is 10.3 Å². The lowest BCUT2D eigenvalue weighted by atomic mass is 10.2. The van der Waals surface area contributed by atoms with Crippen LogP contribution in [-0.2, 0) is 0 Å². The first-order valence-corrected chi connectivity index (χ1v) is 4.41. The average Bonchev–Trinajstić information content (AvgIpc) is 2.10. The van der Waals surface area contributed by atoms with Crippen LogP contribution in [0.3, 0.4) is 0 Å². The van der Waals surface area contributed by atoms with Gasteiger partial charge >= 0.3 is 0 Å². The van der Waals surface area contributed by atoms with Gasteiger partial charge in [0.1, 0.15) is 5.75 Å². The Labute approximate surface area is 78.2 Å². The summed E-state index contributed by atoms with van der Waals surface area (Å²) in [5.74, 6) is 0.215. The molecule has 0 aliphatic carbocycles. The van der Waals surface area contributed by atoms with Crippen LogP contribution >= 0.6 is 0 Å². The predicted octanol–water partition coefficient (Wildman–Crippen LogP) is 2.31. The maximum atomic E-state index is 9.55. The summed E-state index contributed by atoms with van der Waals surface area (Å²) in [6.45, 7) is 4.34. The lowest BCUT2D eigenvalue weighted by molar-refractivity contribution is 0.253. The number of phenolic OH excluding ortho intramolecular Hbond substituents is 1. The van der Waals surface area contributed by atoms with Crippen molar-refractivity contribution in [1.82, 2.24) is 0 Å². The Balaban J connectivity index is 2.93. The molecule has 0 aromatic heterocycles. The molecule has 2 N–H and O–H groups in total. The van der Waals surface area contributed by atoms with Crippen molar-refractivity contribution in [1.29, 1.82) is 0 Å². The van der Waals surface area contributed by atoms with Crippen LogP contribution in [0.1, 0.15) is 18.9 Å². The summed E-state index contributed by atoms with van der Waals surface area (Å²) >= 11 is 0. The van der Waals surface area contributed by atoms with E-state index in [9.17, 15) is 10.3 Å². The number of hydrogen-bond donors (Lipinski definition) is 2. The topological polar surface area (TPSA) is 43.7 Å². The fraction of sp³-hybridized carbons (Fsp3) is 0.400. The fourth-order valence-corrected chi connectivity index (χ4v) is 1.22. The summed E-state index contributed by atoms with van der Waals surface area (Å²) < 4.78 is 0. The van der Waals surface area contributed by atoms with Gasteiger partial charge in [0.25, 0.3) is 0 Å². The summed E-state index contributed by atoms with van der Waals surface area (Å²) in [5, 5.41) is 20.1. The molecular formula is C10H15NO2. The van der Waals surface area contributed by atoms with Gasteiger partial charge in [0.2, 0.25) is 0 Å². The molecule has 0 aliphatic rings. The number of phenols is 1. The fourth-order valence-electron chi connectivity index (χ4n) is 1.22. The summed E-state index contributed by atoms with van der Waals surface area (Å²) in [6, 6.07) is 5.11. The number of hydroxylamine groups is 1. The first-order valence-electron chi connectivity index (χ1n) is 4.41. The molecule has 13 heavy (non-hydrogen) atoms. The Hall–Kier alpha value is -1.22. The van der Waals surface area contributed by atoms with Crippen LogP contribution in [0.25, 0.3) is 0 Å². The molecule has 0 amide bonds. The zero-order valence-electron chi connectivity index (χ0n) is 7.99. The minimum atomic E-state index is 0.215. The van der Waals surface area contributed by atoms with E-state index in [4.69, 9.17) is 0 Å². The second kappa shape index (κ2) is 4.14. The van der Waals surface area contributed by atoms with Gasteiger partial charge in [0, 0.05) is 12.1 Å². The minimum Gasteiger partial charge on any atom is -0.508 e. The smallest absolute Gasteiger partial charge is 0.120 e. The Morgan fingerprint density at radius 2 is 2.08 bits per heavy atom. The number of aromatic hydroxyl groups is 1. The van der Waals surface area contributed by atoms with Gasteiger partial charge in [0.05, 0.1) is 5.69 Å². The van der Waals surface area contributed by atoms with Crippen molar-refractivity contribution < 1.29 is 10.3 Å². The Morgan fingerprint density at radius 3 is 2.69 bits per heavy atom. The van der Waals surface area contributed by atoms with E-state index < -0.39 is 0 Å². The van der Waals surface area contributed by atoms with Crippen LogP contribution in [-0.4, -0.2) is 16.9 Å². The molecule has 0 spiro atoms. The van der Waals surface area contributed by atoms with Crippen LogP contribution in [0.15, 0.2) is 18.2 Å². The number of hydrogen-bond acceptors (Lipinski definition) is 3. The molecule has 0 atom stereocenters. The van der Waals surface area contributed by atoms with Crippen LogP contribution < -0.4 is 5.06 Å². The second-order valence-electron chi connectivity index (χ2n) is 3.04. The first kappa shape index (κ1) is 9.86. The van der Waals surface area contributed by atoms with E-state index in [0.29, 0.717) is 17.8 Å². The molecule has 72 valence electrons. The molecule has 0 unspecified atom stereocenters. The molecule has 0 bridgehead atoms. The molecule has 0 fully saturated rings. The molecule has 3 nitrogen and oxygen atoms in total. The molecule has 1 aromatic rings. The van der Waals surface area contributed by atoms with E-state index in [2.05, 4.69) is 0 Å². The molecule has 3 heteroatoms. The normalized spacial score (nSPS) is 10.1. The molecule has 0 aliphatic heterocycles. The number of rotatable bonds is 3. The van der Waals surface area contributed by atoms with Gasteiger partial charge in [-0.2, -0.15) is 0 Å². The molecule has 0 saturated carbocycles. The highest BCUT2D eigenvalue weighted by molar-refractivity contribution is 5.56. The second-order valence-corrected chi connectivity index (χ2v) is 3.04. The summed E-state index contributed by atoms with van der Waals surface area (Å²) in [7, 11) is 0. The van der Waals surface area contributed by atoms with Crippen LogP contribution in [0, 0.1) is 6.92 Å². The molecule has 0 heterocycles. The van der Waals surface area contributed by atoms with E-state index in [-0.39, 0.29) is 5.75 Å². The molecule has 1 aromatic carbocycles.